The number of carbonyl (C=O) groups is 2. The quantitative estimate of drug-likeness (QED) is 0.776. The molecule has 1 saturated carbocycles. The minimum Gasteiger partial charge on any atom is -0.342 e. The molecule has 2 amide bonds. The highest BCUT2D eigenvalue weighted by Crippen LogP contribution is 2.48. The van der Waals surface area contributed by atoms with Crippen molar-refractivity contribution in [2.24, 2.45) is 5.92 Å². The van der Waals surface area contributed by atoms with Crippen LogP contribution in [0.2, 0.25) is 5.02 Å². The van der Waals surface area contributed by atoms with Gasteiger partial charge in [0.2, 0.25) is 11.8 Å². The van der Waals surface area contributed by atoms with Gasteiger partial charge in [-0.05, 0) is 42.9 Å². The van der Waals surface area contributed by atoms with Gasteiger partial charge in [0, 0.05) is 50.2 Å². The van der Waals surface area contributed by atoms with E-state index in [1.807, 2.05) is 28.0 Å². The molecule has 1 aromatic rings. The van der Waals surface area contributed by atoms with Crippen LogP contribution in [0.25, 0.3) is 0 Å². The molecule has 0 bridgehead atoms. The molecule has 3 fully saturated rings. The lowest BCUT2D eigenvalue weighted by molar-refractivity contribution is -0.136. The summed E-state index contributed by atoms with van der Waals surface area (Å²) in [5.41, 5.74) is 1.17. The summed E-state index contributed by atoms with van der Waals surface area (Å²) in [5, 5.41) is 0.735. The zero-order chi connectivity index (χ0) is 19.5. The van der Waals surface area contributed by atoms with Crippen LogP contribution in [-0.4, -0.2) is 72.3 Å². The molecule has 2 saturated heterocycles. The fraction of sp³-hybridized carbons (Fsp3) is 0.636. The second kappa shape index (κ2) is 8.83. The van der Waals surface area contributed by atoms with E-state index in [-0.39, 0.29) is 17.7 Å². The zero-order valence-electron chi connectivity index (χ0n) is 16.5. The predicted molar refractivity (Wildman–Crippen MR) is 110 cm³/mol. The van der Waals surface area contributed by atoms with Crippen molar-refractivity contribution in [3.05, 3.63) is 34.9 Å². The monoisotopic (exact) mass is 403 g/mol. The van der Waals surface area contributed by atoms with E-state index in [4.69, 9.17) is 11.6 Å². The molecule has 2 atom stereocenters. The number of hydrogen-bond acceptors (Lipinski definition) is 3. The predicted octanol–water partition coefficient (Wildman–Crippen LogP) is 2.99. The Bertz CT molecular complexity index is 709. The number of piperazine rings is 1. The van der Waals surface area contributed by atoms with Gasteiger partial charge >= 0.3 is 0 Å². The van der Waals surface area contributed by atoms with Crippen LogP contribution in [0.4, 0.5) is 0 Å². The van der Waals surface area contributed by atoms with Gasteiger partial charge in [0.1, 0.15) is 0 Å². The number of halogens is 1. The fourth-order valence-electron chi connectivity index (χ4n) is 4.55. The van der Waals surface area contributed by atoms with Crippen molar-refractivity contribution >= 4 is 23.4 Å². The molecule has 3 aliphatic rings. The van der Waals surface area contributed by atoms with Gasteiger partial charge < -0.3 is 9.80 Å². The van der Waals surface area contributed by atoms with E-state index >= 15 is 0 Å². The van der Waals surface area contributed by atoms with Gasteiger partial charge in [-0.1, -0.05) is 36.6 Å². The summed E-state index contributed by atoms with van der Waals surface area (Å²) in [4.78, 5) is 31.6. The molecule has 0 radical (unpaired) electrons. The van der Waals surface area contributed by atoms with Crippen molar-refractivity contribution in [2.45, 2.75) is 38.0 Å². The van der Waals surface area contributed by atoms with Gasteiger partial charge in [-0.15, -0.1) is 0 Å². The molecule has 28 heavy (non-hydrogen) atoms. The van der Waals surface area contributed by atoms with Gasteiger partial charge in [0.05, 0.1) is 6.54 Å². The molecule has 5 nitrogen and oxygen atoms in total. The fourth-order valence-corrected chi connectivity index (χ4v) is 4.74. The average molecular weight is 404 g/mol. The number of carbonyl (C=O) groups excluding carboxylic acids is 2. The third kappa shape index (κ3) is 4.69. The molecular formula is C22H30ClN3O2. The Labute approximate surface area is 172 Å². The maximum Gasteiger partial charge on any atom is 0.236 e. The molecular weight excluding hydrogens is 374 g/mol. The molecule has 0 spiro atoms. The smallest absolute Gasteiger partial charge is 0.236 e. The summed E-state index contributed by atoms with van der Waals surface area (Å²) in [5.74, 6) is 0.936. The van der Waals surface area contributed by atoms with Crippen molar-refractivity contribution in [1.29, 1.82) is 0 Å². The molecule has 1 aliphatic carbocycles. The highest BCUT2D eigenvalue weighted by atomic mass is 35.5. The Morgan fingerprint density at radius 1 is 0.929 bits per heavy atom. The average Bonchev–Trinajstić information content (AvgIpc) is 3.52. The van der Waals surface area contributed by atoms with Crippen molar-refractivity contribution in [3.8, 4) is 0 Å². The number of hydrogen-bond donors (Lipinski definition) is 0. The van der Waals surface area contributed by atoms with Crippen LogP contribution in [0.3, 0.4) is 0 Å². The summed E-state index contributed by atoms with van der Waals surface area (Å²) in [7, 11) is 0. The first-order valence-corrected chi connectivity index (χ1v) is 11.0. The van der Waals surface area contributed by atoms with Crippen molar-refractivity contribution in [1.82, 2.24) is 14.7 Å². The number of nitrogens with zero attached hydrogens (tertiary/aromatic N) is 3. The van der Waals surface area contributed by atoms with E-state index in [1.54, 1.807) is 0 Å². The van der Waals surface area contributed by atoms with Crippen LogP contribution in [0, 0.1) is 5.92 Å². The number of likely N-dealkylation sites (tertiary alicyclic amines) is 1. The van der Waals surface area contributed by atoms with E-state index in [1.165, 1.54) is 18.4 Å². The number of rotatable bonds is 4. The topological polar surface area (TPSA) is 43.9 Å². The van der Waals surface area contributed by atoms with Crippen LogP contribution in [0.5, 0.6) is 0 Å². The molecule has 0 aromatic heterocycles. The van der Waals surface area contributed by atoms with Crippen molar-refractivity contribution < 1.29 is 9.59 Å². The molecule has 6 heteroatoms. The molecule has 2 aliphatic heterocycles. The molecule has 0 N–H and O–H groups in total. The number of benzene rings is 1. The Morgan fingerprint density at radius 2 is 1.64 bits per heavy atom. The van der Waals surface area contributed by atoms with Gasteiger partial charge in [0.15, 0.2) is 0 Å². The largest absolute Gasteiger partial charge is 0.342 e. The minimum atomic E-state index is 0.101. The van der Waals surface area contributed by atoms with E-state index < -0.39 is 0 Å². The lowest BCUT2D eigenvalue weighted by atomic mass is 10.1. The van der Waals surface area contributed by atoms with Gasteiger partial charge in [-0.3, -0.25) is 14.5 Å². The highest BCUT2D eigenvalue weighted by molar-refractivity contribution is 6.30. The maximum atomic E-state index is 12.8. The normalized spacial score (nSPS) is 26.0. The van der Waals surface area contributed by atoms with Crippen LogP contribution in [0.15, 0.2) is 24.3 Å². The summed E-state index contributed by atoms with van der Waals surface area (Å²) >= 11 is 6.08. The number of amides is 2. The molecule has 1 aromatic carbocycles. The van der Waals surface area contributed by atoms with Gasteiger partial charge in [-0.25, -0.2) is 0 Å². The van der Waals surface area contributed by atoms with E-state index in [2.05, 4.69) is 11.0 Å². The van der Waals surface area contributed by atoms with E-state index in [0.29, 0.717) is 12.5 Å². The first-order valence-electron chi connectivity index (χ1n) is 10.7. The summed E-state index contributed by atoms with van der Waals surface area (Å²) in [6, 6.07) is 7.87. The van der Waals surface area contributed by atoms with Crippen LogP contribution in [0.1, 0.15) is 43.6 Å². The molecule has 0 unspecified atom stereocenters. The SMILES string of the molecule is O=C(CN1CCN(C(=O)[C@H]2C[C@@H]2c2cccc(Cl)c2)CC1)N1CCCCCC1. The van der Waals surface area contributed by atoms with E-state index in [9.17, 15) is 9.59 Å². The molecule has 2 heterocycles. The Morgan fingerprint density at radius 3 is 2.32 bits per heavy atom. The zero-order valence-corrected chi connectivity index (χ0v) is 17.2. The maximum absolute atomic E-state index is 12.8. The van der Waals surface area contributed by atoms with Crippen LogP contribution in [-0.2, 0) is 9.59 Å². The summed E-state index contributed by atoms with van der Waals surface area (Å²) in [6.07, 6.45) is 5.66. The standard InChI is InChI=1S/C22H30ClN3O2/c23-18-7-5-6-17(14-18)19-15-20(19)22(28)26-12-10-24(11-13-26)16-21(27)25-8-3-1-2-4-9-25/h5-7,14,19-20H,1-4,8-13,15-16H2/t19-,20+/m1/s1. The third-order valence-corrected chi connectivity index (χ3v) is 6.62. The molecule has 4 rings (SSSR count). The minimum absolute atomic E-state index is 0.101. The first kappa shape index (κ1) is 19.7. The van der Waals surface area contributed by atoms with Gasteiger partial charge in [0.25, 0.3) is 0 Å². The van der Waals surface area contributed by atoms with Crippen molar-refractivity contribution in [2.75, 3.05) is 45.8 Å². The highest BCUT2D eigenvalue weighted by Gasteiger charge is 2.46. The van der Waals surface area contributed by atoms with Crippen molar-refractivity contribution in [3.63, 3.8) is 0 Å². The summed E-state index contributed by atoms with van der Waals surface area (Å²) in [6.45, 7) is 5.35. The molecule has 152 valence electrons. The lowest BCUT2D eigenvalue weighted by Crippen LogP contribution is -2.52. The van der Waals surface area contributed by atoms with E-state index in [0.717, 1.165) is 63.6 Å². The van der Waals surface area contributed by atoms with Crippen LogP contribution < -0.4 is 0 Å². The summed E-state index contributed by atoms with van der Waals surface area (Å²) < 4.78 is 0. The Hall–Kier alpha value is -1.59. The second-order valence-electron chi connectivity index (χ2n) is 8.40. The van der Waals surface area contributed by atoms with Crippen LogP contribution >= 0.6 is 11.6 Å². The second-order valence-corrected chi connectivity index (χ2v) is 8.84. The first-order chi connectivity index (χ1) is 13.6. The third-order valence-electron chi connectivity index (χ3n) is 6.39. The Kier molecular flexibility index (Phi) is 6.22. The Balaban J connectivity index is 1.23. The van der Waals surface area contributed by atoms with Gasteiger partial charge in [-0.2, -0.15) is 0 Å². The lowest BCUT2D eigenvalue weighted by Gasteiger charge is -2.35.